The van der Waals surface area contributed by atoms with Gasteiger partial charge in [-0.25, -0.2) is 0 Å². The first kappa shape index (κ1) is 68.8. The van der Waals surface area contributed by atoms with Crippen LogP contribution in [0.3, 0.4) is 0 Å². The number of aromatic nitrogens is 1. The summed E-state index contributed by atoms with van der Waals surface area (Å²) in [6.07, 6.45) is 0. The zero-order valence-electron chi connectivity index (χ0n) is 63.0. The number of anilines is 15. The molecule has 115 heavy (non-hydrogen) atoms. The molecule has 0 fully saturated rings. The lowest BCUT2D eigenvalue weighted by atomic mass is 9.99. The van der Waals surface area contributed by atoms with Gasteiger partial charge in [0.05, 0.1) is 28.1 Å². The van der Waals surface area contributed by atoms with E-state index in [0.717, 1.165) is 168 Å². The third-order valence-electron chi connectivity index (χ3n) is 21.9. The third-order valence-corrected chi connectivity index (χ3v) is 21.9. The lowest BCUT2D eigenvalue weighted by Crippen LogP contribution is -2.16. The Kier molecular flexibility index (Phi) is 18.2. The van der Waals surface area contributed by atoms with E-state index in [0.29, 0.717) is 0 Å². The fourth-order valence-corrected chi connectivity index (χ4v) is 16.4. The number of hydrogen-bond donors (Lipinski definition) is 0. The van der Waals surface area contributed by atoms with E-state index >= 15 is 0 Å². The Bertz CT molecular complexity index is 6570. The van der Waals surface area contributed by atoms with E-state index in [-0.39, 0.29) is 0 Å². The molecular weight excluding hydrogens is 1400 g/mol. The van der Waals surface area contributed by atoms with E-state index in [2.05, 4.69) is 478 Å². The van der Waals surface area contributed by atoms with Crippen LogP contribution in [0.15, 0.2) is 465 Å². The van der Waals surface area contributed by atoms with Gasteiger partial charge in [-0.3, -0.25) is 0 Å². The van der Waals surface area contributed by atoms with Crippen LogP contribution in [0.25, 0.3) is 93.9 Å². The molecule has 544 valence electrons. The van der Waals surface area contributed by atoms with Crippen molar-refractivity contribution in [2.24, 2.45) is 0 Å². The van der Waals surface area contributed by atoms with Crippen LogP contribution in [0.5, 0.6) is 0 Å². The molecule has 18 aromatic carbocycles. The van der Waals surface area contributed by atoms with Gasteiger partial charge >= 0.3 is 0 Å². The van der Waals surface area contributed by atoms with Crippen LogP contribution in [-0.4, -0.2) is 4.57 Å². The topological polar surface area (TPSA) is 34.3 Å². The molecule has 0 aliphatic carbocycles. The number of para-hydroxylation sites is 8. The standard InChI is InChI=1S/C108H76N6O/c1-9-28-77(29-10-1)79-52-58-92(59-53-79)112(100-74-98(110(87-35-15-4-16-36-87)88-37-17-5-18-38-88)73-99(75-100)111(89-39-19-6-20-40-89)90-41-21-7-22-42-90)93-60-54-80(55-61-93)78-48-50-81(51-49-78)82-30-27-45-96(70-82)113(95-64-62-94(63-65-95)109(85-31-11-2-12-32-85)86-33-13-3-14-34-86)97-66-68-102-101-67-56-84(72-105(101)114(106(102)76-97)91-43-23-8-24-44-91)83-57-69-108-104(71-83)103-46-25-26-47-107(103)115-108/h1-76H. The summed E-state index contributed by atoms with van der Waals surface area (Å²) in [5.74, 6) is 0. The molecule has 0 saturated carbocycles. The van der Waals surface area contributed by atoms with E-state index in [9.17, 15) is 0 Å². The second-order valence-electron chi connectivity index (χ2n) is 28.9. The van der Waals surface area contributed by atoms with Crippen molar-refractivity contribution >= 4 is 129 Å². The van der Waals surface area contributed by atoms with Crippen LogP contribution in [-0.2, 0) is 0 Å². The van der Waals surface area contributed by atoms with Crippen LogP contribution in [0.1, 0.15) is 0 Å². The largest absolute Gasteiger partial charge is 0.456 e. The van der Waals surface area contributed by atoms with Crippen molar-refractivity contribution in [2.45, 2.75) is 0 Å². The molecule has 0 saturated heterocycles. The smallest absolute Gasteiger partial charge is 0.135 e. The summed E-state index contributed by atoms with van der Waals surface area (Å²) in [5.41, 5.74) is 29.6. The van der Waals surface area contributed by atoms with Crippen molar-refractivity contribution in [3.63, 3.8) is 0 Å². The van der Waals surface area contributed by atoms with Gasteiger partial charge in [0.1, 0.15) is 11.2 Å². The van der Waals surface area contributed by atoms with Crippen molar-refractivity contribution in [1.29, 1.82) is 0 Å². The lowest BCUT2D eigenvalue weighted by Gasteiger charge is -2.33. The minimum Gasteiger partial charge on any atom is -0.456 e. The van der Waals surface area contributed by atoms with Crippen LogP contribution in [0, 0.1) is 0 Å². The number of hydrogen-bond acceptors (Lipinski definition) is 6. The Morgan fingerprint density at radius 2 is 0.417 bits per heavy atom. The van der Waals surface area contributed by atoms with E-state index in [1.807, 2.05) is 12.1 Å². The molecule has 0 unspecified atom stereocenters. The fourth-order valence-electron chi connectivity index (χ4n) is 16.4. The highest BCUT2D eigenvalue weighted by Crippen LogP contribution is 2.49. The number of fused-ring (bicyclic) bond motifs is 6. The predicted octanol–water partition coefficient (Wildman–Crippen LogP) is 30.7. The molecule has 0 N–H and O–H groups in total. The van der Waals surface area contributed by atoms with Crippen molar-refractivity contribution in [3.05, 3.63) is 461 Å². The average molecular weight is 1470 g/mol. The van der Waals surface area contributed by atoms with Gasteiger partial charge in [-0.1, -0.05) is 261 Å². The number of benzene rings is 18. The molecule has 0 bridgehead atoms. The molecule has 2 heterocycles. The Morgan fingerprint density at radius 1 is 0.148 bits per heavy atom. The Labute approximate surface area is 669 Å². The maximum atomic E-state index is 6.30. The van der Waals surface area contributed by atoms with Crippen LogP contribution >= 0.6 is 0 Å². The maximum absolute atomic E-state index is 6.30. The summed E-state index contributed by atoms with van der Waals surface area (Å²) in [7, 11) is 0. The van der Waals surface area contributed by atoms with Gasteiger partial charge in [0.25, 0.3) is 0 Å². The van der Waals surface area contributed by atoms with Crippen molar-refractivity contribution in [2.75, 3.05) is 24.5 Å². The van der Waals surface area contributed by atoms with E-state index in [4.69, 9.17) is 4.42 Å². The first-order valence-corrected chi connectivity index (χ1v) is 39.1. The molecule has 0 atom stereocenters. The highest BCUT2D eigenvalue weighted by Gasteiger charge is 2.25. The van der Waals surface area contributed by atoms with E-state index in [1.165, 1.54) is 10.8 Å². The number of nitrogens with zero attached hydrogens (tertiary/aromatic N) is 6. The molecule has 7 nitrogen and oxygen atoms in total. The van der Waals surface area contributed by atoms with E-state index in [1.54, 1.807) is 0 Å². The normalized spacial score (nSPS) is 11.3. The van der Waals surface area contributed by atoms with Gasteiger partial charge in [-0.15, -0.1) is 0 Å². The van der Waals surface area contributed by atoms with Gasteiger partial charge in [0, 0.05) is 95.5 Å². The van der Waals surface area contributed by atoms with Crippen LogP contribution in [0.2, 0.25) is 0 Å². The summed E-state index contributed by atoms with van der Waals surface area (Å²) in [6, 6.07) is 166. The summed E-state index contributed by atoms with van der Waals surface area (Å²) >= 11 is 0. The quantitative estimate of drug-likeness (QED) is 0.0757. The highest BCUT2D eigenvalue weighted by atomic mass is 16.3. The molecule has 20 rings (SSSR count). The van der Waals surface area contributed by atoms with Gasteiger partial charge in [0.2, 0.25) is 0 Å². The number of rotatable bonds is 20. The fraction of sp³-hybridized carbons (Fsp3) is 0. The summed E-state index contributed by atoms with van der Waals surface area (Å²) < 4.78 is 8.73. The Hall–Kier alpha value is -15.4. The van der Waals surface area contributed by atoms with Crippen molar-refractivity contribution in [1.82, 2.24) is 4.57 Å². The molecule has 2 aromatic heterocycles. The lowest BCUT2D eigenvalue weighted by molar-refractivity contribution is 0.669. The highest BCUT2D eigenvalue weighted by molar-refractivity contribution is 6.12. The van der Waals surface area contributed by atoms with Crippen molar-refractivity contribution < 1.29 is 4.42 Å². The molecule has 0 spiro atoms. The van der Waals surface area contributed by atoms with Crippen LogP contribution in [0.4, 0.5) is 85.3 Å². The van der Waals surface area contributed by atoms with Gasteiger partial charge < -0.3 is 33.5 Å². The monoisotopic (exact) mass is 1470 g/mol. The second-order valence-corrected chi connectivity index (χ2v) is 28.9. The number of furan rings is 1. The van der Waals surface area contributed by atoms with Crippen molar-refractivity contribution in [3.8, 4) is 50.2 Å². The summed E-state index contributed by atoms with van der Waals surface area (Å²) in [6.45, 7) is 0. The third kappa shape index (κ3) is 13.5. The summed E-state index contributed by atoms with van der Waals surface area (Å²) in [5, 5.41) is 4.56. The SMILES string of the molecule is c1ccc(-c2ccc(N(c3ccc(-c4ccc(-c5cccc(N(c6ccc(N(c7ccccc7)c7ccccc7)cc6)c6ccc7c8ccc(-c9ccc%10oc%11ccccc%11c%10c9)cc8n(-c8ccccc8)c7c6)c5)cc4)cc3)c3cc(N(c4ccccc4)c4ccccc4)cc(N(c4ccccc4)c4ccccc4)c3)cc2)cc1. The Morgan fingerprint density at radius 3 is 0.878 bits per heavy atom. The Balaban J connectivity index is 0.683. The van der Waals surface area contributed by atoms with Gasteiger partial charge in [-0.05, 0) is 245 Å². The molecule has 20 aromatic rings. The van der Waals surface area contributed by atoms with E-state index < -0.39 is 0 Å². The average Bonchev–Trinajstić information content (AvgIpc) is 1.60. The first-order valence-electron chi connectivity index (χ1n) is 39.1. The van der Waals surface area contributed by atoms with Gasteiger partial charge in [0.15, 0.2) is 0 Å². The molecular formula is C108H76N6O. The minimum atomic E-state index is 0.883. The first-order chi connectivity index (χ1) is 57.0. The molecule has 0 aliphatic rings. The molecule has 0 aliphatic heterocycles. The van der Waals surface area contributed by atoms with Crippen LogP contribution < -0.4 is 24.5 Å². The molecule has 7 heteroatoms. The predicted molar refractivity (Wildman–Crippen MR) is 483 cm³/mol. The zero-order valence-corrected chi connectivity index (χ0v) is 63.0. The molecule has 0 amide bonds. The minimum absolute atomic E-state index is 0.883. The second kappa shape index (κ2) is 30.4. The molecule has 0 radical (unpaired) electrons. The maximum Gasteiger partial charge on any atom is 0.135 e. The summed E-state index contributed by atoms with van der Waals surface area (Å²) in [4.78, 5) is 11.8. The van der Waals surface area contributed by atoms with Gasteiger partial charge in [-0.2, -0.15) is 0 Å². The zero-order chi connectivity index (χ0) is 76.4.